The molecule has 3 atom stereocenters. The van der Waals surface area contributed by atoms with Crippen LogP contribution in [0.3, 0.4) is 0 Å². The third-order valence-electron chi connectivity index (χ3n) is 2.07. The molecule has 0 aromatic heterocycles. The summed E-state index contributed by atoms with van der Waals surface area (Å²) in [5.41, 5.74) is 0. The first-order chi connectivity index (χ1) is 6.13. The highest BCUT2D eigenvalue weighted by atomic mass is 16.6. The van der Waals surface area contributed by atoms with Gasteiger partial charge in [-0.15, -0.1) is 0 Å². The molecular formula is C10H16O3. The summed E-state index contributed by atoms with van der Waals surface area (Å²) >= 11 is 0. The second-order valence-electron chi connectivity index (χ2n) is 3.25. The molecule has 0 radical (unpaired) electrons. The standard InChI is InChI=1S/C10H16O3/c1-4-9-5-6-10(7(2)12-9)13-8(3)11/h5-7,9-10H,4H2,1-3H3/t7-,9?,10+/m0/s1. The van der Waals surface area contributed by atoms with Crippen molar-refractivity contribution >= 4 is 5.97 Å². The Balaban J connectivity index is 2.53. The second kappa shape index (κ2) is 4.42. The molecule has 0 N–H and O–H groups in total. The van der Waals surface area contributed by atoms with E-state index in [9.17, 15) is 4.79 Å². The number of carbonyl (C=O) groups excluding carboxylic acids is 1. The number of rotatable bonds is 2. The Morgan fingerprint density at radius 3 is 2.69 bits per heavy atom. The Hall–Kier alpha value is -0.830. The second-order valence-corrected chi connectivity index (χ2v) is 3.25. The molecule has 0 saturated heterocycles. The van der Waals surface area contributed by atoms with Crippen LogP contribution in [0.25, 0.3) is 0 Å². The third-order valence-corrected chi connectivity index (χ3v) is 2.07. The van der Waals surface area contributed by atoms with E-state index < -0.39 is 0 Å². The van der Waals surface area contributed by atoms with Crippen LogP contribution in [0.15, 0.2) is 12.2 Å². The summed E-state index contributed by atoms with van der Waals surface area (Å²) in [6, 6.07) is 0. The fourth-order valence-corrected chi connectivity index (χ4v) is 1.35. The average Bonchev–Trinajstić information content (AvgIpc) is 2.08. The summed E-state index contributed by atoms with van der Waals surface area (Å²) in [5.74, 6) is -0.264. The maximum atomic E-state index is 10.7. The Morgan fingerprint density at radius 2 is 2.23 bits per heavy atom. The van der Waals surface area contributed by atoms with Crippen LogP contribution in [0, 0.1) is 0 Å². The number of carbonyl (C=O) groups is 1. The molecule has 1 unspecified atom stereocenters. The van der Waals surface area contributed by atoms with Crippen molar-refractivity contribution in [3.8, 4) is 0 Å². The Labute approximate surface area is 78.7 Å². The molecule has 0 saturated carbocycles. The summed E-state index contributed by atoms with van der Waals surface area (Å²) in [4.78, 5) is 10.7. The van der Waals surface area contributed by atoms with E-state index in [1.54, 1.807) is 0 Å². The summed E-state index contributed by atoms with van der Waals surface area (Å²) in [5, 5.41) is 0. The van der Waals surface area contributed by atoms with Gasteiger partial charge in [-0.3, -0.25) is 4.79 Å². The highest BCUT2D eigenvalue weighted by molar-refractivity contribution is 5.66. The molecule has 0 spiro atoms. The fourth-order valence-electron chi connectivity index (χ4n) is 1.35. The largest absolute Gasteiger partial charge is 0.456 e. The minimum Gasteiger partial charge on any atom is -0.456 e. The first kappa shape index (κ1) is 10.3. The smallest absolute Gasteiger partial charge is 0.303 e. The highest BCUT2D eigenvalue weighted by Crippen LogP contribution is 2.17. The normalized spacial score (nSPS) is 33.0. The van der Waals surface area contributed by atoms with Gasteiger partial charge in [0.05, 0.1) is 12.2 Å². The van der Waals surface area contributed by atoms with E-state index >= 15 is 0 Å². The molecule has 0 fully saturated rings. The Bertz CT molecular complexity index is 210. The van der Waals surface area contributed by atoms with Crippen molar-refractivity contribution in [3.63, 3.8) is 0 Å². The fraction of sp³-hybridized carbons (Fsp3) is 0.700. The van der Waals surface area contributed by atoms with E-state index in [2.05, 4.69) is 6.92 Å². The molecule has 0 amide bonds. The van der Waals surface area contributed by atoms with E-state index in [1.807, 2.05) is 19.1 Å². The summed E-state index contributed by atoms with van der Waals surface area (Å²) in [7, 11) is 0. The zero-order valence-corrected chi connectivity index (χ0v) is 8.32. The summed E-state index contributed by atoms with van der Waals surface area (Å²) in [6.07, 6.45) is 4.71. The lowest BCUT2D eigenvalue weighted by Crippen LogP contribution is -2.35. The van der Waals surface area contributed by atoms with Gasteiger partial charge in [0.1, 0.15) is 6.10 Å². The SMILES string of the molecule is CCC1C=C[C@@H](OC(C)=O)[C@H](C)O1. The molecule has 0 aromatic rings. The monoisotopic (exact) mass is 184 g/mol. The lowest BCUT2D eigenvalue weighted by Gasteiger charge is -2.28. The van der Waals surface area contributed by atoms with Crippen LogP contribution < -0.4 is 0 Å². The van der Waals surface area contributed by atoms with Crippen molar-refractivity contribution < 1.29 is 14.3 Å². The molecule has 0 aliphatic carbocycles. The number of ether oxygens (including phenoxy) is 2. The topological polar surface area (TPSA) is 35.5 Å². The molecule has 3 nitrogen and oxygen atoms in total. The molecule has 0 aromatic carbocycles. The third kappa shape index (κ3) is 2.84. The average molecular weight is 184 g/mol. The quantitative estimate of drug-likeness (QED) is 0.483. The van der Waals surface area contributed by atoms with Crippen molar-refractivity contribution in [1.82, 2.24) is 0 Å². The molecule has 1 aliphatic heterocycles. The number of esters is 1. The first-order valence-electron chi connectivity index (χ1n) is 4.64. The lowest BCUT2D eigenvalue weighted by atomic mass is 10.1. The van der Waals surface area contributed by atoms with Crippen LogP contribution >= 0.6 is 0 Å². The van der Waals surface area contributed by atoms with Gasteiger partial charge < -0.3 is 9.47 Å². The van der Waals surface area contributed by atoms with Crippen LogP contribution in [0.5, 0.6) is 0 Å². The zero-order chi connectivity index (χ0) is 9.84. The van der Waals surface area contributed by atoms with Gasteiger partial charge in [0.15, 0.2) is 0 Å². The number of hydrogen-bond donors (Lipinski definition) is 0. The maximum absolute atomic E-state index is 10.7. The van der Waals surface area contributed by atoms with E-state index in [4.69, 9.17) is 9.47 Å². The molecule has 1 rings (SSSR count). The maximum Gasteiger partial charge on any atom is 0.303 e. The van der Waals surface area contributed by atoms with Crippen molar-refractivity contribution in [1.29, 1.82) is 0 Å². The van der Waals surface area contributed by atoms with Crippen LogP contribution in [-0.2, 0) is 14.3 Å². The van der Waals surface area contributed by atoms with Gasteiger partial charge in [-0.05, 0) is 19.4 Å². The van der Waals surface area contributed by atoms with Crippen molar-refractivity contribution in [2.24, 2.45) is 0 Å². The van der Waals surface area contributed by atoms with Crippen molar-refractivity contribution in [3.05, 3.63) is 12.2 Å². The van der Waals surface area contributed by atoms with Crippen LogP contribution in [0.1, 0.15) is 27.2 Å². The molecule has 1 heterocycles. The van der Waals surface area contributed by atoms with Gasteiger partial charge in [0.2, 0.25) is 0 Å². The lowest BCUT2D eigenvalue weighted by molar-refractivity contribution is -0.153. The van der Waals surface area contributed by atoms with Gasteiger partial charge in [-0.25, -0.2) is 0 Å². The van der Waals surface area contributed by atoms with Gasteiger partial charge in [-0.2, -0.15) is 0 Å². The van der Waals surface area contributed by atoms with E-state index in [0.717, 1.165) is 6.42 Å². The van der Waals surface area contributed by atoms with Gasteiger partial charge in [0.25, 0.3) is 0 Å². The van der Waals surface area contributed by atoms with Gasteiger partial charge >= 0.3 is 5.97 Å². The van der Waals surface area contributed by atoms with Gasteiger partial charge in [-0.1, -0.05) is 13.0 Å². The Kier molecular flexibility index (Phi) is 3.48. The molecule has 1 aliphatic rings. The zero-order valence-electron chi connectivity index (χ0n) is 8.32. The van der Waals surface area contributed by atoms with E-state index in [-0.39, 0.29) is 24.3 Å². The van der Waals surface area contributed by atoms with Crippen LogP contribution in [-0.4, -0.2) is 24.3 Å². The van der Waals surface area contributed by atoms with E-state index in [1.165, 1.54) is 6.92 Å². The minimum atomic E-state index is -0.264. The predicted octanol–water partition coefficient (Wildman–Crippen LogP) is 1.67. The summed E-state index contributed by atoms with van der Waals surface area (Å²) in [6.45, 7) is 5.39. The van der Waals surface area contributed by atoms with Crippen LogP contribution in [0.2, 0.25) is 0 Å². The highest BCUT2D eigenvalue weighted by Gasteiger charge is 2.24. The molecular weight excluding hydrogens is 168 g/mol. The van der Waals surface area contributed by atoms with Crippen LogP contribution in [0.4, 0.5) is 0 Å². The van der Waals surface area contributed by atoms with Crippen molar-refractivity contribution in [2.45, 2.75) is 45.5 Å². The predicted molar refractivity (Wildman–Crippen MR) is 49.3 cm³/mol. The minimum absolute atomic E-state index is 0.0427. The molecule has 0 bridgehead atoms. The molecule has 13 heavy (non-hydrogen) atoms. The number of hydrogen-bond acceptors (Lipinski definition) is 3. The Morgan fingerprint density at radius 1 is 1.54 bits per heavy atom. The van der Waals surface area contributed by atoms with Gasteiger partial charge in [0, 0.05) is 6.92 Å². The molecule has 74 valence electrons. The first-order valence-corrected chi connectivity index (χ1v) is 4.64. The van der Waals surface area contributed by atoms with Crippen molar-refractivity contribution in [2.75, 3.05) is 0 Å². The molecule has 3 heteroatoms. The van der Waals surface area contributed by atoms with E-state index in [0.29, 0.717) is 0 Å². The summed E-state index contributed by atoms with van der Waals surface area (Å²) < 4.78 is 10.6.